The normalized spacial score (nSPS) is 10.8. The van der Waals surface area contributed by atoms with E-state index in [0.29, 0.717) is 29.2 Å². The molecule has 7 nitrogen and oxygen atoms in total. The van der Waals surface area contributed by atoms with Crippen molar-refractivity contribution >= 4 is 23.5 Å². The highest BCUT2D eigenvalue weighted by Gasteiger charge is 2.16. The molecule has 3 rings (SSSR count). The van der Waals surface area contributed by atoms with Crippen LogP contribution in [0.15, 0.2) is 46.1 Å². The van der Waals surface area contributed by atoms with Crippen LogP contribution in [0.25, 0.3) is 5.95 Å². The number of aromatic nitrogens is 4. The van der Waals surface area contributed by atoms with E-state index in [1.165, 1.54) is 10.7 Å². The molecular weight excluding hydrogens is 374 g/mol. The fraction of sp³-hybridized carbons (Fsp3) is 0.300. The van der Waals surface area contributed by atoms with E-state index >= 15 is 0 Å². The maximum Gasteiger partial charge on any atom is 0.257 e. The van der Waals surface area contributed by atoms with Gasteiger partial charge in [-0.25, -0.2) is 4.98 Å². The highest BCUT2D eigenvalue weighted by molar-refractivity contribution is 7.99. The standard InChI is InChI=1S/C20H23N5O2S/c1-4-8-14-12-18(26)23-20(21-14)25-17(11-13(3)24-25)22-19(27)15-9-6-7-10-16(15)28-5-2/h6-7,9-12H,4-5,8H2,1-3H3,(H,22,27)(H,21,23,26). The van der Waals surface area contributed by atoms with E-state index in [4.69, 9.17) is 0 Å². The predicted molar refractivity (Wildman–Crippen MR) is 112 cm³/mol. The highest BCUT2D eigenvalue weighted by atomic mass is 32.2. The van der Waals surface area contributed by atoms with E-state index in [0.717, 1.165) is 17.1 Å². The summed E-state index contributed by atoms with van der Waals surface area (Å²) >= 11 is 1.61. The van der Waals surface area contributed by atoms with Crippen molar-refractivity contribution in [3.8, 4) is 5.95 Å². The number of benzene rings is 1. The topological polar surface area (TPSA) is 92.7 Å². The van der Waals surface area contributed by atoms with Gasteiger partial charge in [-0.05, 0) is 31.2 Å². The molecule has 2 heterocycles. The van der Waals surface area contributed by atoms with Gasteiger partial charge < -0.3 is 5.32 Å². The van der Waals surface area contributed by atoms with Crippen molar-refractivity contribution in [1.82, 2.24) is 19.7 Å². The average molecular weight is 398 g/mol. The second-order valence-corrected chi connectivity index (χ2v) is 7.58. The summed E-state index contributed by atoms with van der Waals surface area (Å²) in [5.74, 6) is 1.38. The number of thioether (sulfide) groups is 1. The summed E-state index contributed by atoms with van der Waals surface area (Å²) in [4.78, 5) is 33.0. The molecule has 0 aliphatic rings. The Bertz CT molecular complexity index is 1040. The third kappa shape index (κ3) is 4.51. The number of rotatable bonds is 7. The monoisotopic (exact) mass is 397 g/mol. The third-order valence-corrected chi connectivity index (χ3v) is 4.95. The summed E-state index contributed by atoms with van der Waals surface area (Å²) < 4.78 is 1.46. The Morgan fingerprint density at radius 3 is 2.79 bits per heavy atom. The molecule has 0 bridgehead atoms. The summed E-state index contributed by atoms with van der Waals surface area (Å²) in [6.07, 6.45) is 1.57. The molecule has 1 amide bonds. The van der Waals surface area contributed by atoms with Gasteiger partial charge in [-0.1, -0.05) is 32.4 Å². The van der Waals surface area contributed by atoms with Crippen molar-refractivity contribution < 1.29 is 4.79 Å². The molecule has 0 spiro atoms. The van der Waals surface area contributed by atoms with Crippen molar-refractivity contribution in [3.05, 3.63) is 63.7 Å². The number of carbonyl (C=O) groups excluding carboxylic acids is 1. The second kappa shape index (κ2) is 8.88. The predicted octanol–water partition coefficient (Wildman–Crippen LogP) is 3.58. The van der Waals surface area contributed by atoms with E-state index in [1.54, 1.807) is 23.9 Å². The maximum absolute atomic E-state index is 12.9. The first-order valence-electron chi connectivity index (χ1n) is 9.22. The lowest BCUT2D eigenvalue weighted by Crippen LogP contribution is -2.19. The fourth-order valence-corrected chi connectivity index (χ4v) is 3.65. The van der Waals surface area contributed by atoms with Crippen LogP contribution in [0.2, 0.25) is 0 Å². The van der Waals surface area contributed by atoms with Crippen LogP contribution in [-0.4, -0.2) is 31.4 Å². The molecule has 1 aromatic carbocycles. The van der Waals surface area contributed by atoms with E-state index in [9.17, 15) is 9.59 Å². The number of hydrogen-bond acceptors (Lipinski definition) is 5. The largest absolute Gasteiger partial charge is 0.306 e. The Hall–Kier alpha value is -2.87. The number of aromatic amines is 1. The number of hydrogen-bond donors (Lipinski definition) is 2. The number of carbonyl (C=O) groups is 1. The number of amides is 1. The molecule has 28 heavy (non-hydrogen) atoms. The molecule has 0 atom stereocenters. The number of nitrogens with zero attached hydrogens (tertiary/aromatic N) is 3. The molecule has 0 unspecified atom stereocenters. The summed E-state index contributed by atoms with van der Waals surface area (Å²) in [5.41, 5.74) is 1.75. The highest BCUT2D eigenvalue weighted by Crippen LogP contribution is 2.24. The van der Waals surface area contributed by atoms with Gasteiger partial charge in [-0.2, -0.15) is 9.78 Å². The van der Waals surface area contributed by atoms with Gasteiger partial charge in [-0.3, -0.25) is 14.6 Å². The minimum Gasteiger partial charge on any atom is -0.306 e. The summed E-state index contributed by atoms with van der Waals surface area (Å²) in [6.45, 7) is 5.89. The molecule has 8 heteroatoms. The van der Waals surface area contributed by atoms with Crippen LogP contribution in [0.4, 0.5) is 5.82 Å². The Kier molecular flexibility index (Phi) is 6.30. The smallest absolute Gasteiger partial charge is 0.257 e. The molecule has 0 saturated carbocycles. The molecule has 2 aromatic heterocycles. The zero-order valence-corrected chi connectivity index (χ0v) is 17.0. The van der Waals surface area contributed by atoms with Gasteiger partial charge in [0.25, 0.3) is 11.5 Å². The van der Waals surface area contributed by atoms with Crippen LogP contribution in [0.3, 0.4) is 0 Å². The minimum absolute atomic E-state index is 0.232. The Morgan fingerprint density at radius 2 is 2.04 bits per heavy atom. The lowest BCUT2D eigenvalue weighted by atomic mass is 10.2. The number of nitrogens with one attached hydrogen (secondary N) is 2. The van der Waals surface area contributed by atoms with E-state index in [-0.39, 0.29) is 17.4 Å². The molecule has 0 saturated heterocycles. The van der Waals surface area contributed by atoms with Crippen LogP contribution >= 0.6 is 11.8 Å². The first kappa shape index (κ1) is 19.9. The van der Waals surface area contributed by atoms with Gasteiger partial charge >= 0.3 is 0 Å². The zero-order valence-electron chi connectivity index (χ0n) is 16.2. The Morgan fingerprint density at radius 1 is 1.25 bits per heavy atom. The second-order valence-electron chi connectivity index (χ2n) is 6.28. The van der Waals surface area contributed by atoms with E-state index < -0.39 is 0 Å². The summed E-state index contributed by atoms with van der Waals surface area (Å²) in [6, 6.07) is 10.7. The Labute approximate surface area is 167 Å². The average Bonchev–Trinajstić information content (AvgIpc) is 3.02. The van der Waals surface area contributed by atoms with Crippen LogP contribution in [0, 0.1) is 6.92 Å². The van der Waals surface area contributed by atoms with Crippen molar-refractivity contribution in [3.63, 3.8) is 0 Å². The van der Waals surface area contributed by atoms with Crippen molar-refractivity contribution in [2.45, 2.75) is 38.5 Å². The molecule has 0 radical (unpaired) electrons. The maximum atomic E-state index is 12.9. The third-order valence-electron chi connectivity index (χ3n) is 3.99. The van der Waals surface area contributed by atoms with Crippen LogP contribution in [0.5, 0.6) is 0 Å². The van der Waals surface area contributed by atoms with Crippen LogP contribution in [-0.2, 0) is 6.42 Å². The van der Waals surface area contributed by atoms with E-state index in [2.05, 4.69) is 20.4 Å². The van der Waals surface area contributed by atoms with Gasteiger partial charge in [0.15, 0.2) is 0 Å². The molecule has 0 aliphatic heterocycles. The van der Waals surface area contributed by atoms with Gasteiger partial charge in [0, 0.05) is 22.7 Å². The summed E-state index contributed by atoms with van der Waals surface area (Å²) in [7, 11) is 0. The lowest BCUT2D eigenvalue weighted by Gasteiger charge is -2.11. The van der Waals surface area contributed by atoms with E-state index in [1.807, 2.05) is 39.0 Å². The van der Waals surface area contributed by atoms with Crippen molar-refractivity contribution in [1.29, 1.82) is 0 Å². The first-order valence-corrected chi connectivity index (χ1v) is 10.2. The molecule has 0 aliphatic carbocycles. The number of H-pyrrole nitrogens is 1. The van der Waals surface area contributed by atoms with Crippen molar-refractivity contribution in [2.24, 2.45) is 0 Å². The molecule has 2 N–H and O–H groups in total. The molecule has 3 aromatic rings. The quantitative estimate of drug-likeness (QED) is 0.595. The Balaban J connectivity index is 1.96. The molecule has 146 valence electrons. The molecule has 0 fully saturated rings. The van der Waals surface area contributed by atoms with Crippen LogP contribution in [0.1, 0.15) is 42.0 Å². The van der Waals surface area contributed by atoms with Gasteiger partial charge in [0.1, 0.15) is 5.82 Å². The molecular formula is C20H23N5O2S. The van der Waals surface area contributed by atoms with Gasteiger partial charge in [0.2, 0.25) is 5.95 Å². The van der Waals surface area contributed by atoms with Gasteiger partial charge in [0.05, 0.1) is 11.3 Å². The number of anilines is 1. The SMILES string of the molecule is CCCc1cc(=O)[nH]c(-n2nc(C)cc2NC(=O)c2ccccc2SCC)n1. The first-order chi connectivity index (χ1) is 13.5. The van der Waals surface area contributed by atoms with Crippen LogP contribution < -0.4 is 10.9 Å². The lowest BCUT2D eigenvalue weighted by molar-refractivity contribution is 0.102. The van der Waals surface area contributed by atoms with Crippen molar-refractivity contribution in [2.75, 3.05) is 11.1 Å². The fourth-order valence-electron chi connectivity index (χ4n) is 2.85. The van der Waals surface area contributed by atoms with Gasteiger partial charge in [-0.15, -0.1) is 11.8 Å². The minimum atomic E-state index is -0.247. The number of aryl methyl sites for hydroxylation is 2. The summed E-state index contributed by atoms with van der Waals surface area (Å²) in [5, 5.41) is 7.29. The zero-order chi connectivity index (χ0) is 20.1.